The SMILES string of the molecule is C=CCCCCCCCCCCC(=O)CC(=O)OCC. The third kappa shape index (κ3) is 13.3. The molecule has 116 valence electrons. The van der Waals surface area contributed by atoms with E-state index in [9.17, 15) is 9.59 Å². The van der Waals surface area contributed by atoms with E-state index in [4.69, 9.17) is 4.74 Å². The number of esters is 1. The maximum Gasteiger partial charge on any atom is 0.313 e. The molecule has 3 heteroatoms. The third-order valence-electron chi connectivity index (χ3n) is 3.26. The van der Waals surface area contributed by atoms with Crippen LogP contribution in [0, 0.1) is 0 Å². The highest BCUT2D eigenvalue weighted by molar-refractivity contribution is 5.95. The van der Waals surface area contributed by atoms with Crippen LogP contribution < -0.4 is 0 Å². The molecule has 0 saturated heterocycles. The van der Waals surface area contributed by atoms with E-state index >= 15 is 0 Å². The van der Waals surface area contributed by atoms with E-state index in [2.05, 4.69) is 6.58 Å². The lowest BCUT2D eigenvalue weighted by Gasteiger charge is -2.03. The smallest absolute Gasteiger partial charge is 0.313 e. The Morgan fingerprint density at radius 3 is 2.05 bits per heavy atom. The van der Waals surface area contributed by atoms with Gasteiger partial charge in [-0.05, 0) is 26.2 Å². The first-order valence-corrected chi connectivity index (χ1v) is 7.99. The van der Waals surface area contributed by atoms with Crippen molar-refractivity contribution in [1.29, 1.82) is 0 Å². The van der Waals surface area contributed by atoms with Crippen LogP contribution in [0.2, 0.25) is 0 Å². The van der Waals surface area contributed by atoms with Crippen LogP contribution in [0.4, 0.5) is 0 Å². The highest BCUT2D eigenvalue weighted by Crippen LogP contribution is 2.11. The Bertz CT molecular complexity index is 271. The van der Waals surface area contributed by atoms with Crippen LogP contribution in [0.25, 0.3) is 0 Å². The first-order chi connectivity index (χ1) is 9.70. The van der Waals surface area contributed by atoms with Crippen LogP contribution in [0.15, 0.2) is 12.7 Å². The van der Waals surface area contributed by atoms with Crippen molar-refractivity contribution < 1.29 is 14.3 Å². The predicted molar refractivity (Wildman–Crippen MR) is 82.6 cm³/mol. The van der Waals surface area contributed by atoms with Gasteiger partial charge >= 0.3 is 5.97 Å². The van der Waals surface area contributed by atoms with Gasteiger partial charge in [0.05, 0.1) is 6.61 Å². The minimum atomic E-state index is -0.392. The minimum Gasteiger partial charge on any atom is -0.466 e. The fourth-order valence-corrected chi connectivity index (χ4v) is 2.13. The molecule has 0 aliphatic carbocycles. The number of carbonyl (C=O) groups is 2. The monoisotopic (exact) mass is 282 g/mol. The molecule has 20 heavy (non-hydrogen) atoms. The van der Waals surface area contributed by atoms with Gasteiger partial charge in [-0.25, -0.2) is 0 Å². The molecule has 0 N–H and O–H groups in total. The number of ether oxygens (including phenoxy) is 1. The van der Waals surface area contributed by atoms with E-state index in [1.807, 2.05) is 6.08 Å². The molecule has 0 rings (SSSR count). The Morgan fingerprint density at radius 2 is 1.50 bits per heavy atom. The Hall–Kier alpha value is -1.12. The Kier molecular flexibility index (Phi) is 13.5. The number of unbranched alkanes of at least 4 members (excludes halogenated alkanes) is 8. The van der Waals surface area contributed by atoms with Crippen LogP contribution in [-0.4, -0.2) is 18.4 Å². The number of carbonyl (C=O) groups excluding carboxylic acids is 2. The van der Waals surface area contributed by atoms with Gasteiger partial charge in [0.2, 0.25) is 0 Å². The van der Waals surface area contributed by atoms with Crippen molar-refractivity contribution in [1.82, 2.24) is 0 Å². The Morgan fingerprint density at radius 1 is 0.950 bits per heavy atom. The van der Waals surface area contributed by atoms with E-state index in [0.717, 1.165) is 19.3 Å². The van der Waals surface area contributed by atoms with Crippen molar-refractivity contribution in [3.8, 4) is 0 Å². The number of hydrogen-bond donors (Lipinski definition) is 0. The normalized spacial score (nSPS) is 10.2. The molecule has 0 unspecified atom stereocenters. The van der Waals surface area contributed by atoms with E-state index in [0.29, 0.717) is 13.0 Å². The molecule has 0 atom stereocenters. The van der Waals surface area contributed by atoms with Gasteiger partial charge in [0.15, 0.2) is 0 Å². The van der Waals surface area contributed by atoms with Crippen molar-refractivity contribution in [2.24, 2.45) is 0 Å². The zero-order valence-corrected chi connectivity index (χ0v) is 13.0. The zero-order valence-electron chi connectivity index (χ0n) is 13.0. The summed E-state index contributed by atoms with van der Waals surface area (Å²) < 4.78 is 4.75. The van der Waals surface area contributed by atoms with Crippen LogP contribution in [0.1, 0.15) is 77.6 Å². The van der Waals surface area contributed by atoms with Gasteiger partial charge in [-0.2, -0.15) is 0 Å². The van der Waals surface area contributed by atoms with Crippen LogP contribution in [-0.2, 0) is 14.3 Å². The molecule has 0 fully saturated rings. The molecule has 0 amide bonds. The Labute approximate surface area is 123 Å². The average molecular weight is 282 g/mol. The number of rotatable bonds is 14. The van der Waals surface area contributed by atoms with Gasteiger partial charge in [-0.3, -0.25) is 9.59 Å². The third-order valence-corrected chi connectivity index (χ3v) is 3.26. The van der Waals surface area contributed by atoms with E-state index in [-0.39, 0.29) is 12.2 Å². The maximum absolute atomic E-state index is 11.5. The van der Waals surface area contributed by atoms with E-state index in [1.165, 1.54) is 38.5 Å². The second-order valence-electron chi connectivity index (χ2n) is 5.18. The fourth-order valence-electron chi connectivity index (χ4n) is 2.13. The predicted octanol–water partition coefficient (Wildman–Crippen LogP) is 4.60. The number of allylic oxidation sites excluding steroid dienone is 1. The van der Waals surface area contributed by atoms with Gasteiger partial charge in [0.1, 0.15) is 12.2 Å². The molecule has 3 nitrogen and oxygen atoms in total. The highest BCUT2D eigenvalue weighted by atomic mass is 16.5. The summed E-state index contributed by atoms with van der Waals surface area (Å²) >= 11 is 0. The molecular formula is C17H30O3. The van der Waals surface area contributed by atoms with Crippen LogP contribution in [0.5, 0.6) is 0 Å². The number of Topliss-reactive ketones (excluding diaryl/α,β-unsaturated/α-hetero) is 1. The van der Waals surface area contributed by atoms with Crippen molar-refractivity contribution in [2.75, 3.05) is 6.61 Å². The number of hydrogen-bond acceptors (Lipinski definition) is 3. The lowest BCUT2D eigenvalue weighted by atomic mass is 10.0. The molecule has 0 aromatic rings. The van der Waals surface area contributed by atoms with Gasteiger partial charge in [-0.15, -0.1) is 6.58 Å². The van der Waals surface area contributed by atoms with Crippen LogP contribution in [0.3, 0.4) is 0 Å². The molecule has 0 spiro atoms. The summed E-state index contributed by atoms with van der Waals surface area (Å²) in [6.45, 7) is 5.81. The van der Waals surface area contributed by atoms with Crippen molar-refractivity contribution in [2.45, 2.75) is 77.6 Å². The summed E-state index contributed by atoms with van der Waals surface area (Å²) in [6.07, 6.45) is 13.1. The number of ketones is 1. The minimum absolute atomic E-state index is 0.00729. The van der Waals surface area contributed by atoms with E-state index in [1.54, 1.807) is 6.92 Å². The first kappa shape index (κ1) is 18.9. The molecule has 0 bridgehead atoms. The van der Waals surface area contributed by atoms with Crippen LogP contribution >= 0.6 is 0 Å². The molecule has 0 saturated carbocycles. The molecular weight excluding hydrogens is 252 g/mol. The second-order valence-corrected chi connectivity index (χ2v) is 5.18. The average Bonchev–Trinajstić information content (AvgIpc) is 2.41. The standard InChI is InChI=1S/C17H30O3/c1-3-5-6-7-8-9-10-11-12-13-14-16(18)15-17(19)20-4-2/h3H,1,4-15H2,2H3. The molecule has 0 aromatic heterocycles. The summed E-state index contributed by atoms with van der Waals surface area (Å²) in [5, 5.41) is 0. The quantitative estimate of drug-likeness (QED) is 0.202. The molecule has 0 aliphatic rings. The van der Waals surface area contributed by atoms with Gasteiger partial charge in [0.25, 0.3) is 0 Å². The summed E-state index contributed by atoms with van der Waals surface area (Å²) in [4.78, 5) is 22.5. The fraction of sp³-hybridized carbons (Fsp3) is 0.765. The molecule has 0 heterocycles. The van der Waals surface area contributed by atoms with Gasteiger partial charge < -0.3 is 4.74 Å². The van der Waals surface area contributed by atoms with E-state index < -0.39 is 5.97 Å². The summed E-state index contributed by atoms with van der Waals surface area (Å²) in [6, 6.07) is 0. The topological polar surface area (TPSA) is 43.4 Å². The largest absolute Gasteiger partial charge is 0.466 e. The highest BCUT2D eigenvalue weighted by Gasteiger charge is 2.09. The van der Waals surface area contributed by atoms with Crippen molar-refractivity contribution in [3.63, 3.8) is 0 Å². The summed E-state index contributed by atoms with van der Waals surface area (Å²) in [5.74, 6) is -0.384. The molecule has 0 aliphatic heterocycles. The maximum atomic E-state index is 11.5. The summed E-state index contributed by atoms with van der Waals surface area (Å²) in [5.41, 5.74) is 0. The van der Waals surface area contributed by atoms with Crippen molar-refractivity contribution in [3.05, 3.63) is 12.7 Å². The zero-order chi connectivity index (χ0) is 15.1. The molecule has 0 radical (unpaired) electrons. The lowest BCUT2D eigenvalue weighted by Crippen LogP contribution is -2.10. The summed E-state index contributed by atoms with van der Waals surface area (Å²) in [7, 11) is 0. The second kappa shape index (κ2) is 14.3. The van der Waals surface area contributed by atoms with Crippen molar-refractivity contribution >= 4 is 11.8 Å². The lowest BCUT2D eigenvalue weighted by molar-refractivity contribution is -0.145. The van der Waals surface area contributed by atoms with Gasteiger partial charge in [-0.1, -0.05) is 44.6 Å². The Balaban J connectivity index is 3.25. The molecule has 0 aromatic carbocycles. The van der Waals surface area contributed by atoms with Gasteiger partial charge in [0, 0.05) is 6.42 Å². The first-order valence-electron chi connectivity index (χ1n) is 7.99.